The number of pyridine rings is 1. The van der Waals surface area contributed by atoms with Gasteiger partial charge in [-0.3, -0.25) is 4.68 Å². The van der Waals surface area contributed by atoms with Gasteiger partial charge < -0.3 is 4.74 Å². The van der Waals surface area contributed by atoms with E-state index in [0.717, 1.165) is 22.1 Å². The van der Waals surface area contributed by atoms with Gasteiger partial charge in [-0.15, -0.1) is 5.92 Å². The molecule has 4 rings (SSSR count). The molecule has 4 aromatic rings. The summed E-state index contributed by atoms with van der Waals surface area (Å²) in [6.45, 7) is 3.72. The van der Waals surface area contributed by atoms with Crippen LogP contribution in [0.1, 0.15) is 53.5 Å². The van der Waals surface area contributed by atoms with Gasteiger partial charge in [0.25, 0.3) is 6.43 Å². The van der Waals surface area contributed by atoms with Gasteiger partial charge in [-0.1, -0.05) is 36.3 Å². The molecule has 7 heteroatoms. The summed E-state index contributed by atoms with van der Waals surface area (Å²) in [5.41, 5.74) is 3.71. The number of fused-ring (bicyclic) bond motifs is 1. The molecule has 2 aromatic heterocycles. The summed E-state index contributed by atoms with van der Waals surface area (Å²) in [4.78, 5) is 16.5. The van der Waals surface area contributed by atoms with Gasteiger partial charge in [-0.2, -0.15) is 5.10 Å². The predicted molar refractivity (Wildman–Crippen MR) is 122 cm³/mol. The maximum atomic E-state index is 13.0. The largest absolute Gasteiger partial charge is 0.465 e. The molecule has 0 aliphatic rings. The van der Waals surface area contributed by atoms with Crippen LogP contribution < -0.4 is 0 Å². The first-order valence-electron chi connectivity index (χ1n) is 10.3. The zero-order valence-corrected chi connectivity index (χ0v) is 18.3. The summed E-state index contributed by atoms with van der Waals surface area (Å²) < 4.78 is 32.7. The van der Waals surface area contributed by atoms with Crippen molar-refractivity contribution in [3.05, 3.63) is 83.2 Å². The Bertz CT molecular complexity index is 1380. The second-order valence-electron chi connectivity index (χ2n) is 7.43. The molecule has 0 bridgehead atoms. The molecule has 2 heterocycles. The summed E-state index contributed by atoms with van der Waals surface area (Å²) in [7, 11) is 1.34. The molecular weight excluding hydrogens is 424 g/mol. The molecule has 0 radical (unpaired) electrons. The normalized spacial score (nSPS) is 11.8. The fraction of sp³-hybridized carbons (Fsp3) is 0.192. The van der Waals surface area contributed by atoms with Crippen molar-refractivity contribution in [1.82, 2.24) is 14.8 Å². The smallest absolute Gasteiger partial charge is 0.340 e. The van der Waals surface area contributed by atoms with Gasteiger partial charge in [0, 0.05) is 16.5 Å². The molecular formula is C26H21F2N3O2. The minimum atomic E-state index is -2.62. The van der Waals surface area contributed by atoms with Crippen LogP contribution in [0.3, 0.4) is 0 Å². The summed E-state index contributed by atoms with van der Waals surface area (Å²) in [6, 6.07) is 15.3. The summed E-state index contributed by atoms with van der Waals surface area (Å²) in [6.07, 6.45) is -0.921. The SMILES string of the molecule is CC#Cc1ccc(C(=O)OC)c2c1cnn2C(C)c1ccc(-c2cccc(C(F)F)n2)cc1. The number of alkyl halides is 2. The summed E-state index contributed by atoms with van der Waals surface area (Å²) >= 11 is 0. The van der Waals surface area contributed by atoms with Gasteiger partial charge >= 0.3 is 5.97 Å². The van der Waals surface area contributed by atoms with Gasteiger partial charge in [0.2, 0.25) is 0 Å². The highest BCUT2D eigenvalue weighted by molar-refractivity contribution is 6.04. The van der Waals surface area contributed by atoms with Crippen LogP contribution in [0.15, 0.2) is 60.8 Å². The quantitative estimate of drug-likeness (QED) is 0.288. The van der Waals surface area contributed by atoms with E-state index in [4.69, 9.17) is 4.74 Å². The van der Waals surface area contributed by atoms with Gasteiger partial charge in [0.15, 0.2) is 0 Å². The average Bonchev–Trinajstić information content (AvgIpc) is 3.29. The van der Waals surface area contributed by atoms with Gasteiger partial charge in [0.05, 0.1) is 36.1 Å². The zero-order chi connectivity index (χ0) is 23.5. The molecule has 0 saturated heterocycles. The van der Waals surface area contributed by atoms with Gasteiger partial charge in [-0.25, -0.2) is 18.6 Å². The molecule has 0 saturated carbocycles. The molecule has 5 nitrogen and oxygen atoms in total. The molecule has 0 aliphatic heterocycles. The highest BCUT2D eigenvalue weighted by Gasteiger charge is 2.21. The minimum absolute atomic E-state index is 0.217. The van der Waals surface area contributed by atoms with E-state index in [1.54, 1.807) is 42.1 Å². The Morgan fingerprint density at radius 2 is 1.85 bits per heavy atom. The van der Waals surface area contributed by atoms with Crippen LogP contribution in [0, 0.1) is 11.8 Å². The van der Waals surface area contributed by atoms with Crippen LogP contribution in [-0.4, -0.2) is 27.8 Å². The third-order valence-electron chi connectivity index (χ3n) is 5.47. The lowest BCUT2D eigenvalue weighted by Crippen LogP contribution is -2.12. The van der Waals surface area contributed by atoms with Gasteiger partial charge in [-0.05, 0) is 43.7 Å². The van der Waals surface area contributed by atoms with E-state index in [2.05, 4.69) is 21.9 Å². The van der Waals surface area contributed by atoms with Crippen LogP contribution in [0.2, 0.25) is 0 Å². The molecule has 0 aliphatic carbocycles. The van der Waals surface area contributed by atoms with Crippen LogP contribution in [0.4, 0.5) is 8.78 Å². The molecule has 33 heavy (non-hydrogen) atoms. The van der Waals surface area contributed by atoms with Crippen molar-refractivity contribution in [3.8, 4) is 23.1 Å². The molecule has 0 spiro atoms. The van der Waals surface area contributed by atoms with E-state index in [-0.39, 0.29) is 11.7 Å². The first kappa shape index (κ1) is 22.2. The third-order valence-corrected chi connectivity index (χ3v) is 5.47. The first-order chi connectivity index (χ1) is 15.9. The second-order valence-corrected chi connectivity index (χ2v) is 7.43. The Hall–Kier alpha value is -4.05. The van der Waals surface area contributed by atoms with Crippen molar-refractivity contribution in [1.29, 1.82) is 0 Å². The third kappa shape index (κ3) is 4.20. The standard InChI is InChI=1S/C26H21F2N3O2/c1-4-6-18-13-14-20(26(32)33-3)24-21(18)15-29-31(24)16(2)17-9-11-19(12-10-17)22-7-5-8-23(30-22)25(27)28/h5,7-16,25H,1-3H3. The fourth-order valence-corrected chi connectivity index (χ4v) is 3.78. The highest BCUT2D eigenvalue weighted by Crippen LogP contribution is 2.30. The Labute approximate surface area is 190 Å². The number of carbonyl (C=O) groups is 1. The number of carbonyl (C=O) groups excluding carboxylic acids is 1. The zero-order valence-electron chi connectivity index (χ0n) is 18.3. The number of benzene rings is 2. The van der Waals surface area contributed by atoms with Crippen molar-refractivity contribution < 1.29 is 18.3 Å². The average molecular weight is 445 g/mol. The summed E-state index contributed by atoms with van der Waals surface area (Å²) in [5, 5.41) is 5.32. The minimum Gasteiger partial charge on any atom is -0.465 e. The molecule has 2 aromatic carbocycles. The molecule has 1 unspecified atom stereocenters. The number of aromatic nitrogens is 3. The Balaban J connectivity index is 1.75. The van der Waals surface area contributed by atoms with E-state index >= 15 is 0 Å². The lowest BCUT2D eigenvalue weighted by molar-refractivity contribution is 0.0602. The Morgan fingerprint density at radius 1 is 1.09 bits per heavy atom. The Kier molecular flexibility index (Phi) is 6.18. The van der Waals surface area contributed by atoms with E-state index < -0.39 is 12.4 Å². The number of methoxy groups -OCH3 is 1. The topological polar surface area (TPSA) is 57.0 Å². The molecule has 0 fully saturated rings. The van der Waals surface area contributed by atoms with Crippen LogP contribution >= 0.6 is 0 Å². The van der Waals surface area contributed by atoms with Crippen LogP contribution in [-0.2, 0) is 4.74 Å². The molecule has 166 valence electrons. The maximum Gasteiger partial charge on any atom is 0.340 e. The van der Waals surface area contributed by atoms with E-state index in [9.17, 15) is 13.6 Å². The number of hydrogen-bond donors (Lipinski definition) is 0. The monoisotopic (exact) mass is 445 g/mol. The number of nitrogens with zero attached hydrogens (tertiary/aromatic N) is 3. The van der Waals surface area contributed by atoms with E-state index in [0.29, 0.717) is 16.8 Å². The predicted octanol–water partition coefficient (Wildman–Crippen LogP) is 5.80. The van der Waals surface area contributed by atoms with Crippen LogP contribution in [0.5, 0.6) is 0 Å². The number of rotatable bonds is 5. The Morgan fingerprint density at radius 3 is 2.52 bits per heavy atom. The van der Waals surface area contributed by atoms with Crippen LogP contribution in [0.25, 0.3) is 22.2 Å². The maximum absolute atomic E-state index is 13.0. The first-order valence-corrected chi connectivity index (χ1v) is 10.3. The molecule has 0 N–H and O–H groups in total. The van der Waals surface area contributed by atoms with E-state index in [1.165, 1.54) is 13.2 Å². The molecule has 1 atom stereocenters. The van der Waals surface area contributed by atoms with Crippen molar-refractivity contribution >= 4 is 16.9 Å². The fourth-order valence-electron chi connectivity index (χ4n) is 3.78. The van der Waals surface area contributed by atoms with Crippen molar-refractivity contribution in [2.45, 2.75) is 26.3 Å². The number of esters is 1. The van der Waals surface area contributed by atoms with Gasteiger partial charge in [0.1, 0.15) is 5.69 Å². The number of halogens is 2. The number of ether oxygens (including phenoxy) is 1. The molecule has 0 amide bonds. The second kappa shape index (κ2) is 9.21. The van der Waals surface area contributed by atoms with Crippen molar-refractivity contribution in [2.24, 2.45) is 0 Å². The van der Waals surface area contributed by atoms with Crippen molar-refractivity contribution in [2.75, 3.05) is 7.11 Å². The van der Waals surface area contributed by atoms with E-state index in [1.807, 2.05) is 31.2 Å². The lowest BCUT2D eigenvalue weighted by Gasteiger charge is -2.16. The van der Waals surface area contributed by atoms with Crippen molar-refractivity contribution in [3.63, 3.8) is 0 Å². The summed E-state index contributed by atoms with van der Waals surface area (Å²) in [5.74, 6) is 5.48. The number of hydrogen-bond acceptors (Lipinski definition) is 4. The lowest BCUT2D eigenvalue weighted by atomic mass is 10.0. The highest BCUT2D eigenvalue weighted by atomic mass is 19.3.